The molecule has 0 bridgehead atoms. The van der Waals surface area contributed by atoms with E-state index < -0.39 is 11.7 Å². The van der Waals surface area contributed by atoms with Crippen molar-refractivity contribution in [2.75, 3.05) is 17.6 Å². The minimum atomic E-state index is -4.31. The SMILES string of the molecule is FC(F)(F)c1ccc(NC(=S)NCCSC2CCCCC2)cc1. The minimum absolute atomic E-state index is 0.439. The Morgan fingerprint density at radius 1 is 1.13 bits per heavy atom. The van der Waals surface area contributed by atoms with Crippen LogP contribution in [0.1, 0.15) is 37.7 Å². The molecule has 0 radical (unpaired) electrons. The molecule has 1 fully saturated rings. The summed E-state index contributed by atoms with van der Waals surface area (Å²) in [7, 11) is 0. The second-order valence-corrected chi connectivity index (χ2v) is 7.40. The Hall–Kier alpha value is -0.950. The molecule has 0 saturated heterocycles. The third-order valence-corrected chi connectivity index (χ3v) is 5.39. The van der Waals surface area contributed by atoms with Gasteiger partial charge in [0.15, 0.2) is 5.11 Å². The Bertz CT molecular complexity index is 497. The van der Waals surface area contributed by atoms with Crippen LogP contribution < -0.4 is 10.6 Å². The highest BCUT2D eigenvalue weighted by atomic mass is 32.2. The predicted molar refractivity (Wildman–Crippen MR) is 95.0 cm³/mol. The zero-order valence-corrected chi connectivity index (χ0v) is 14.4. The van der Waals surface area contributed by atoms with Gasteiger partial charge in [-0.2, -0.15) is 24.9 Å². The Balaban J connectivity index is 1.66. The lowest BCUT2D eigenvalue weighted by atomic mass is 10.0. The molecule has 0 unspecified atom stereocenters. The van der Waals surface area contributed by atoms with E-state index in [-0.39, 0.29) is 0 Å². The van der Waals surface area contributed by atoms with E-state index in [0.29, 0.717) is 10.8 Å². The summed E-state index contributed by atoms with van der Waals surface area (Å²) in [5.74, 6) is 0.986. The van der Waals surface area contributed by atoms with Crippen molar-refractivity contribution in [1.82, 2.24) is 5.32 Å². The highest BCUT2D eigenvalue weighted by Gasteiger charge is 2.29. The second-order valence-electron chi connectivity index (χ2n) is 5.59. The number of anilines is 1. The summed E-state index contributed by atoms with van der Waals surface area (Å²) < 4.78 is 37.4. The molecule has 1 aromatic rings. The van der Waals surface area contributed by atoms with E-state index in [1.54, 1.807) is 0 Å². The largest absolute Gasteiger partial charge is 0.416 e. The summed E-state index contributed by atoms with van der Waals surface area (Å²) in [5, 5.41) is 7.20. The standard InChI is InChI=1S/C16H21F3N2S2/c17-16(18,19)12-6-8-13(9-7-12)21-15(22)20-10-11-23-14-4-2-1-3-5-14/h6-9,14H,1-5,10-11H2,(H2,20,21,22). The van der Waals surface area contributed by atoms with Gasteiger partial charge in [-0.3, -0.25) is 0 Å². The highest BCUT2D eigenvalue weighted by Crippen LogP contribution is 2.30. The molecule has 1 aromatic carbocycles. The van der Waals surface area contributed by atoms with Crippen LogP contribution in [-0.4, -0.2) is 22.7 Å². The Labute approximate surface area is 144 Å². The second kappa shape index (κ2) is 8.78. The molecule has 2 nitrogen and oxygen atoms in total. The molecule has 1 aliphatic carbocycles. The van der Waals surface area contributed by atoms with Gasteiger partial charge in [0.25, 0.3) is 0 Å². The van der Waals surface area contributed by atoms with Gasteiger partial charge < -0.3 is 10.6 Å². The van der Waals surface area contributed by atoms with Gasteiger partial charge in [-0.1, -0.05) is 19.3 Å². The van der Waals surface area contributed by atoms with Crippen molar-refractivity contribution in [3.05, 3.63) is 29.8 Å². The molecule has 0 spiro atoms. The first-order valence-corrected chi connectivity index (χ1v) is 9.24. The third-order valence-electron chi connectivity index (χ3n) is 3.76. The van der Waals surface area contributed by atoms with Crippen LogP contribution in [-0.2, 0) is 6.18 Å². The van der Waals surface area contributed by atoms with Crippen LogP contribution in [0.2, 0.25) is 0 Å². The number of nitrogens with one attached hydrogen (secondary N) is 2. The summed E-state index contributed by atoms with van der Waals surface area (Å²) in [6.07, 6.45) is 2.32. The van der Waals surface area contributed by atoms with Crippen molar-refractivity contribution in [3.63, 3.8) is 0 Å². The summed E-state index contributed by atoms with van der Waals surface area (Å²) in [6.45, 7) is 0.758. The normalized spacial score (nSPS) is 16.1. The van der Waals surface area contributed by atoms with Crippen molar-refractivity contribution < 1.29 is 13.2 Å². The number of hydrogen-bond acceptors (Lipinski definition) is 2. The first-order valence-electron chi connectivity index (χ1n) is 7.79. The van der Waals surface area contributed by atoms with Crippen LogP contribution in [0.25, 0.3) is 0 Å². The number of hydrogen-bond donors (Lipinski definition) is 2. The van der Waals surface area contributed by atoms with E-state index in [4.69, 9.17) is 12.2 Å². The van der Waals surface area contributed by atoms with Crippen LogP contribution in [0.5, 0.6) is 0 Å². The lowest BCUT2D eigenvalue weighted by Crippen LogP contribution is -2.30. The quantitative estimate of drug-likeness (QED) is 0.565. The van der Waals surface area contributed by atoms with E-state index in [1.807, 2.05) is 11.8 Å². The zero-order chi connectivity index (χ0) is 16.7. The molecule has 0 heterocycles. The monoisotopic (exact) mass is 362 g/mol. The molecule has 0 amide bonds. The molecule has 1 aliphatic rings. The van der Waals surface area contributed by atoms with E-state index >= 15 is 0 Å². The van der Waals surface area contributed by atoms with Crippen molar-refractivity contribution in [2.45, 2.75) is 43.5 Å². The van der Waals surface area contributed by atoms with Gasteiger partial charge in [-0.05, 0) is 49.3 Å². The lowest BCUT2D eigenvalue weighted by Gasteiger charge is -2.21. The van der Waals surface area contributed by atoms with Crippen LogP contribution in [0.3, 0.4) is 0 Å². The fraction of sp³-hybridized carbons (Fsp3) is 0.562. The molecule has 128 valence electrons. The van der Waals surface area contributed by atoms with Gasteiger partial charge in [0.1, 0.15) is 0 Å². The van der Waals surface area contributed by atoms with Gasteiger partial charge in [-0.25, -0.2) is 0 Å². The number of benzene rings is 1. The van der Waals surface area contributed by atoms with Gasteiger partial charge in [0.2, 0.25) is 0 Å². The maximum absolute atomic E-state index is 12.5. The smallest absolute Gasteiger partial charge is 0.362 e. The van der Waals surface area contributed by atoms with Gasteiger partial charge >= 0.3 is 6.18 Å². The Morgan fingerprint density at radius 2 is 1.78 bits per heavy atom. The van der Waals surface area contributed by atoms with Crippen molar-refractivity contribution in [2.24, 2.45) is 0 Å². The van der Waals surface area contributed by atoms with Crippen LogP contribution in [0.4, 0.5) is 18.9 Å². The molecule has 0 aromatic heterocycles. The van der Waals surface area contributed by atoms with Crippen molar-refractivity contribution >= 4 is 34.8 Å². The predicted octanol–water partition coefficient (Wildman–Crippen LogP) is 5.06. The lowest BCUT2D eigenvalue weighted by molar-refractivity contribution is -0.137. The van der Waals surface area contributed by atoms with E-state index in [2.05, 4.69) is 10.6 Å². The average Bonchev–Trinajstić information content (AvgIpc) is 2.52. The summed E-state index contributed by atoms with van der Waals surface area (Å²) in [4.78, 5) is 0. The summed E-state index contributed by atoms with van der Waals surface area (Å²) in [5.41, 5.74) is -0.110. The molecule has 2 N–H and O–H groups in total. The molecule has 7 heteroatoms. The van der Waals surface area contributed by atoms with E-state index in [0.717, 1.165) is 29.7 Å². The molecule has 23 heavy (non-hydrogen) atoms. The summed E-state index contributed by atoms with van der Waals surface area (Å²) >= 11 is 7.13. The van der Waals surface area contributed by atoms with Gasteiger partial charge in [0, 0.05) is 23.2 Å². The Morgan fingerprint density at radius 3 is 2.39 bits per heavy atom. The number of alkyl halides is 3. The number of thiocarbonyl (C=S) groups is 1. The van der Waals surface area contributed by atoms with Crippen molar-refractivity contribution in [1.29, 1.82) is 0 Å². The fourth-order valence-corrected chi connectivity index (χ4v) is 3.98. The molecular formula is C16H21F3N2S2. The fourth-order valence-electron chi connectivity index (χ4n) is 2.54. The summed E-state index contributed by atoms with van der Waals surface area (Å²) in [6, 6.07) is 4.86. The minimum Gasteiger partial charge on any atom is -0.362 e. The van der Waals surface area contributed by atoms with Gasteiger partial charge in [0.05, 0.1) is 5.56 Å². The average molecular weight is 362 g/mol. The molecule has 1 saturated carbocycles. The van der Waals surface area contributed by atoms with E-state index in [1.165, 1.54) is 44.2 Å². The van der Waals surface area contributed by atoms with Crippen LogP contribution in [0, 0.1) is 0 Å². The maximum atomic E-state index is 12.5. The first kappa shape index (κ1) is 18.4. The van der Waals surface area contributed by atoms with Crippen LogP contribution >= 0.6 is 24.0 Å². The third kappa shape index (κ3) is 6.59. The number of rotatable bonds is 5. The molecular weight excluding hydrogens is 341 g/mol. The van der Waals surface area contributed by atoms with Crippen molar-refractivity contribution in [3.8, 4) is 0 Å². The zero-order valence-electron chi connectivity index (χ0n) is 12.8. The first-order chi connectivity index (χ1) is 10.9. The molecule has 0 aliphatic heterocycles. The maximum Gasteiger partial charge on any atom is 0.416 e. The van der Waals surface area contributed by atoms with Crippen LogP contribution in [0.15, 0.2) is 24.3 Å². The molecule has 2 rings (SSSR count). The molecule has 0 atom stereocenters. The topological polar surface area (TPSA) is 24.1 Å². The van der Waals surface area contributed by atoms with Gasteiger partial charge in [-0.15, -0.1) is 0 Å². The van der Waals surface area contributed by atoms with E-state index in [9.17, 15) is 13.2 Å². The number of thioether (sulfide) groups is 1. The Kier molecular flexibility index (Phi) is 7.02. The number of halogens is 3. The highest BCUT2D eigenvalue weighted by molar-refractivity contribution is 7.99.